The first-order valence-electron chi connectivity index (χ1n) is 4.14. The third-order valence-electron chi connectivity index (χ3n) is 2.14. The van der Waals surface area contributed by atoms with Crippen molar-refractivity contribution in [1.82, 2.24) is 5.73 Å². The molecule has 0 spiro atoms. The Morgan fingerprint density at radius 1 is 1.33 bits per heavy atom. The molecule has 0 atom stereocenters. The van der Waals surface area contributed by atoms with Gasteiger partial charge in [-0.15, -0.1) is 0 Å². The van der Waals surface area contributed by atoms with Crippen LogP contribution < -0.4 is 5.73 Å². The van der Waals surface area contributed by atoms with Crippen LogP contribution >= 0.6 is 0 Å². The Morgan fingerprint density at radius 3 is 2.58 bits per heavy atom. The molecule has 1 aromatic rings. The molecule has 0 aromatic heterocycles. The van der Waals surface area contributed by atoms with Crippen molar-refractivity contribution < 1.29 is 4.79 Å². The minimum absolute atomic E-state index is 0.153. The number of ketones is 1. The molecule has 2 heteroatoms. The lowest BCUT2D eigenvalue weighted by Gasteiger charge is -2.00. The van der Waals surface area contributed by atoms with E-state index >= 15 is 0 Å². The highest BCUT2D eigenvalue weighted by atomic mass is 16.1. The number of carbonyl (C=O) groups excluding carboxylic acids is 1. The molecule has 2 nitrogen and oxygen atoms in total. The maximum absolute atomic E-state index is 11.5. The Balaban J connectivity index is 2.32. The van der Waals surface area contributed by atoms with Crippen LogP contribution in [0.3, 0.4) is 0 Å². The zero-order chi connectivity index (χ0) is 8.55. The van der Waals surface area contributed by atoms with Crippen LogP contribution in [0.15, 0.2) is 24.3 Å². The number of carbonyl (C=O) groups is 1. The predicted molar refractivity (Wildman–Crippen MR) is 46.3 cm³/mol. The molecule has 0 saturated heterocycles. The van der Waals surface area contributed by atoms with E-state index < -0.39 is 0 Å². The van der Waals surface area contributed by atoms with Crippen LogP contribution in [0.25, 0.3) is 0 Å². The number of Topliss-reactive ketones (excluding diaryl/α,β-unsaturated/α-hetero) is 1. The monoisotopic (exact) mass is 160 g/mol. The molecule has 12 heavy (non-hydrogen) atoms. The van der Waals surface area contributed by atoms with Crippen LogP contribution in [-0.4, -0.2) is 5.78 Å². The first-order valence-corrected chi connectivity index (χ1v) is 4.14. The highest BCUT2D eigenvalue weighted by molar-refractivity contribution is 6.02. The van der Waals surface area contributed by atoms with Gasteiger partial charge in [-0.2, -0.15) is 0 Å². The number of hydrogen-bond donors (Lipinski definition) is 0. The van der Waals surface area contributed by atoms with Crippen molar-refractivity contribution in [3.8, 4) is 0 Å². The van der Waals surface area contributed by atoms with Gasteiger partial charge in [0.2, 0.25) is 0 Å². The smallest absolute Gasteiger partial charge is 0.168 e. The van der Waals surface area contributed by atoms with Crippen molar-refractivity contribution in [2.24, 2.45) is 5.92 Å². The average molecular weight is 160 g/mol. The molecule has 0 amide bonds. The van der Waals surface area contributed by atoms with Crippen LogP contribution in [-0.2, 0) is 0 Å². The SMILES string of the molecule is [NH]c1ccccc1C(=O)C1CC1. The second-order valence-electron chi connectivity index (χ2n) is 3.18. The second kappa shape index (κ2) is 2.63. The van der Waals surface area contributed by atoms with Crippen LogP contribution in [0.1, 0.15) is 23.2 Å². The van der Waals surface area contributed by atoms with Gasteiger partial charge in [0.1, 0.15) is 0 Å². The van der Waals surface area contributed by atoms with E-state index in [1.807, 2.05) is 6.07 Å². The van der Waals surface area contributed by atoms with Crippen LogP contribution in [0.2, 0.25) is 0 Å². The van der Waals surface area contributed by atoms with Crippen molar-refractivity contribution in [1.29, 1.82) is 0 Å². The van der Waals surface area contributed by atoms with Crippen LogP contribution in [0.4, 0.5) is 5.69 Å². The average Bonchev–Trinajstić information content (AvgIpc) is 2.86. The topological polar surface area (TPSA) is 40.9 Å². The number of rotatable bonds is 2. The predicted octanol–water partition coefficient (Wildman–Crippen LogP) is 2.19. The summed E-state index contributed by atoms with van der Waals surface area (Å²) in [5.74, 6) is 0.372. The molecule has 1 radical (unpaired) electrons. The maximum Gasteiger partial charge on any atom is 0.168 e. The summed E-state index contributed by atoms with van der Waals surface area (Å²) in [5.41, 5.74) is 8.44. The lowest BCUT2D eigenvalue weighted by molar-refractivity contribution is 0.0968. The van der Waals surface area contributed by atoms with Gasteiger partial charge in [0.25, 0.3) is 0 Å². The van der Waals surface area contributed by atoms with Gasteiger partial charge in [0, 0.05) is 11.5 Å². The minimum atomic E-state index is 0.153. The van der Waals surface area contributed by atoms with Crippen molar-refractivity contribution in [3.05, 3.63) is 29.8 Å². The first kappa shape index (κ1) is 7.35. The van der Waals surface area contributed by atoms with Crippen molar-refractivity contribution >= 4 is 11.5 Å². The summed E-state index contributed by atoms with van der Waals surface area (Å²) in [7, 11) is 0. The van der Waals surface area contributed by atoms with Gasteiger partial charge in [-0.25, -0.2) is 0 Å². The molecule has 1 aliphatic rings. The summed E-state index contributed by atoms with van der Waals surface area (Å²) in [5, 5.41) is 0. The molecule has 1 fully saturated rings. The molecule has 0 bridgehead atoms. The highest BCUT2D eigenvalue weighted by Crippen LogP contribution is 2.34. The van der Waals surface area contributed by atoms with Crippen molar-refractivity contribution in [2.75, 3.05) is 0 Å². The van der Waals surface area contributed by atoms with Crippen LogP contribution in [0.5, 0.6) is 0 Å². The number of hydrogen-bond acceptors (Lipinski definition) is 1. The number of nitrogens with one attached hydrogen (secondary N) is 1. The molecule has 0 aliphatic heterocycles. The van der Waals surface area contributed by atoms with Gasteiger partial charge in [0.05, 0.1) is 5.69 Å². The molecule has 1 aromatic carbocycles. The second-order valence-corrected chi connectivity index (χ2v) is 3.18. The highest BCUT2D eigenvalue weighted by Gasteiger charge is 2.31. The molecular weight excluding hydrogens is 150 g/mol. The summed E-state index contributed by atoms with van der Waals surface area (Å²) >= 11 is 0. The van der Waals surface area contributed by atoms with Gasteiger partial charge in [0.15, 0.2) is 5.78 Å². The van der Waals surface area contributed by atoms with Gasteiger partial charge >= 0.3 is 0 Å². The van der Waals surface area contributed by atoms with E-state index in [0.717, 1.165) is 12.8 Å². The molecule has 1 saturated carbocycles. The molecule has 0 unspecified atom stereocenters. The molecule has 0 heterocycles. The van der Waals surface area contributed by atoms with Crippen molar-refractivity contribution in [2.45, 2.75) is 12.8 Å². The lowest BCUT2D eigenvalue weighted by Crippen LogP contribution is -2.01. The van der Waals surface area contributed by atoms with Gasteiger partial charge in [-0.3, -0.25) is 4.79 Å². The Morgan fingerprint density at radius 2 is 2.00 bits per heavy atom. The molecule has 2 rings (SSSR count). The standard InChI is InChI=1S/C10H10NO/c11-9-4-2-1-3-8(9)10(12)7-5-6-7/h1-4,7,11H,5-6H2. The molecule has 1 N–H and O–H groups in total. The van der Waals surface area contributed by atoms with E-state index in [0.29, 0.717) is 11.3 Å². The molecule has 61 valence electrons. The Hall–Kier alpha value is -1.31. The van der Waals surface area contributed by atoms with E-state index in [1.54, 1.807) is 18.2 Å². The fourth-order valence-electron chi connectivity index (χ4n) is 1.26. The maximum atomic E-state index is 11.5. The van der Waals surface area contributed by atoms with E-state index in [9.17, 15) is 4.79 Å². The van der Waals surface area contributed by atoms with E-state index in [4.69, 9.17) is 5.73 Å². The summed E-state index contributed by atoms with van der Waals surface area (Å²) < 4.78 is 0. The number of benzene rings is 1. The molecule has 1 aliphatic carbocycles. The van der Waals surface area contributed by atoms with Gasteiger partial charge in [-0.1, -0.05) is 12.1 Å². The van der Waals surface area contributed by atoms with E-state index in [1.165, 1.54) is 0 Å². The Kier molecular flexibility index (Phi) is 1.61. The van der Waals surface area contributed by atoms with Gasteiger partial charge in [-0.05, 0) is 25.0 Å². The summed E-state index contributed by atoms with van der Waals surface area (Å²) in [6.07, 6.45) is 2.01. The summed E-state index contributed by atoms with van der Waals surface area (Å²) in [6, 6.07) is 7.00. The third kappa shape index (κ3) is 1.20. The van der Waals surface area contributed by atoms with E-state index in [-0.39, 0.29) is 11.7 Å². The zero-order valence-corrected chi connectivity index (χ0v) is 6.71. The van der Waals surface area contributed by atoms with Crippen molar-refractivity contribution in [3.63, 3.8) is 0 Å². The Bertz CT molecular complexity index is 315. The van der Waals surface area contributed by atoms with Gasteiger partial charge < -0.3 is 5.73 Å². The third-order valence-corrected chi connectivity index (χ3v) is 2.14. The molecular formula is C10H10NO. The van der Waals surface area contributed by atoms with E-state index in [2.05, 4.69) is 0 Å². The summed E-state index contributed by atoms with van der Waals surface area (Å²) in [4.78, 5) is 11.5. The summed E-state index contributed by atoms with van der Waals surface area (Å²) in [6.45, 7) is 0. The lowest BCUT2D eigenvalue weighted by atomic mass is 10.1. The largest absolute Gasteiger partial charge is 0.300 e. The normalized spacial score (nSPS) is 16.0. The fraction of sp³-hybridized carbons (Fsp3) is 0.300. The fourth-order valence-corrected chi connectivity index (χ4v) is 1.26. The first-order chi connectivity index (χ1) is 5.79. The van der Waals surface area contributed by atoms with Crippen LogP contribution in [0, 0.1) is 5.92 Å². The quantitative estimate of drug-likeness (QED) is 0.611. The minimum Gasteiger partial charge on any atom is -0.300 e. The Labute approximate surface area is 71.4 Å². The zero-order valence-electron chi connectivity index (χ0n) is 6.71.